The predicted octanol–water partition coefficient (Wildman–Crippen LogP) is 2.07. The highest BCUT2D eigenvalue weighted by Gasteiger charge is 2.54. The van der Waals surface area contributed by atoms with Crippen molar-refractivity contribution >= 4 is 22.9 Å². The van der Waals surface area contributed by atoms with Gasteiger partial charge in [0.1, 0.15) is 0 Å². The third kappa shape index (κ3) is 1.71. The molecule has 4 fully saturated rings. The summed E-state index contributed by atoms with van der Waals surface area (Å²) in [7, 11) is 0. The van der Waals surface area contributed by atoms with Crippen molar-refractivity contribution in [1.29, 1.82) is 0 Å². The number of aliphatic imine (C=N–C) groups is 1. The van der Waals surface area contributed by atoms with Crippen LogP contribution in [0.15, 0.2) is 4.99 Å². The van der Waals surface area contributed by atoms with Gasteiger partial charge in [0.2, 0.25) is 0 Å². The van der Waals surface area contributed by atoms with E-state index in [1.54, 1.807) is 0 Å². The lowest BCUT2D eigenvalue weighted by Gasteiger charge is -2.58. The molecule has 1 atom stereocenters. The number of nitrogens with two attached hydrogens (primary N) is 1. The first-order valence-electron chi connectivity index (χ1n) is 6.80. The highest BCUT2D eigenvalue weighted by Crippen LogP contribution is 2.61. The van der Waals surface area contributed by atoms with Crippen LogP contribution in [-0.4, -0.2) is 18.5 Å². The summed E-state index contributed by atoms with van der Waals surface area (Å²) < 4.78 is 0. The third-order valence-corrected chi connectivity index (χ3v) is 5.59. The van der Waals surface area contributed by atoms with Gasteiger partial charge in [0, 0.05) is 0 Å². The molecule has 96 valence electrons. The van der Waals surface area contributed by atoms with E-state index in [1.807, 2.05) is 0 Å². The number of hydrogen-bond donors (Lipinski definition) is 2. The average Bonchev–Trinajstić information content (AvgIpc) is 2.63. The van der Waals surface area contributed by atoms with E-state index in [2.05, 4.69) is 10.3 Å². The fraction of sp³-hybridized carbons (Fsp3) is 0.923. The van der Waals surface area contributed by atoms with Crippen LogP contribution >= 0.6 is 17.0 Å². The fourth-order valence-electron chi connectivity index (χ4n) is 5.41. The van der Waals surface area contributed by atoms with Crippen molar-refractivity contribution in [3.8, 4) is 0 Å². The van der Waals surface area contributed by atoms with Gasteiger partial charge in [-0.1, -0.05) is 0 Å². The summed E-state index contributed by atoms with van der Waals surface area (Å²) in [5, 5.41) is 3.44. The molecule has 4 aliphatic carbocycles. The number of nitrogens with one attached hydrogen (secondary N) is 1. The second kappa shape index (κ2) is 3.87. The van der Waals surface area contributed by atoms with Crippen LogP contribution in [0.2, 0.25) is 0 Å². The maximum atomic E-state index is 5.78. The van der Waals surface area contributed by atoms with Gasteiger partial charge in [-0.05, 0) is 61.7 Å². The number of halogens is 1. The number of rotatable bonds is 1. The second-order valence-electron chi connectivity index (χ2n) is 6.70. The third-order valence-electron chi connectivity index (χ3n) is 5.59. The molecule has 4 heteroatoms. The van der Waals surface area contributed by atoms with Crippen molar-refractivity contribution < 1.29 is 0 Å². The van der Waals surface area contributed by atoms with Gasteiger partial charge in [0.05, 0.1) is 12.6 Å². The molecule has 0 aromatic heterocycles. The van der Waals surface area contributed by atoms with Gasteiger partial charge in [0.25, 0.3) is 0 Å². The van der Waals surface area contributed by atoms with Crippen molar-refractivity contribution in [1.82, 2.24) is 5.32 Å². The zero-order valence-electron chi connectivity index (χ0n) is 10.2. The molecule has 3 N–H and O–H groups in total. The maximum Gasteiger partial charge on any atom is 0.188 e. The molecule has 4 saturated carbocycles. The zero-order valence-corrected chi connectivity index (χ0v) is 11.9. The van der Waals surface area contributed by atoms with Gasteiger partial charge in [-0.3, -0.25) is 4.99 Å². The molecular weight excluding hydrogens is 278 g/mol. The smallest absolute Gasteiger partial charge is 0.188 e. The Morgan fingerprint density at radius 3 is 2.00 bits per heavy atom. The van der Waals surface area contributed by atoms with Crippen molar-refractivity contribution in [3.63, 3.8) is 0 Å². The van der Waals surface area contributed by atoms with Crippen LogP contribution in [0, 0.1) is 23.2 Å². The second-order valence-corrected chi connectivity index (χ2v) is 6.70. The van der Waals surface area contributed by atoms with Crippen LogP contribution < -0.4 is 11.1 Å². The van der Waals surface area contributed by atoms with E-state index < -0.39 is 0 Å². The highest BCUT2D eigenvalue weighted by molar-refractivity contribution is 8.93. The molecule has 0 amide bonds. The van der Waals surface area contributed by atoms with Crippen molar-refractivity contribution in [2.45, 2.75) is 44.6 Å². The lowest BCUT2D eigenvalue weighted by atomic mass is 9.48. The minimum absolute atomic E-state index is 0. The van der Waals surface area contributed by atoms with Crippen LogP contribution in [0.1, 0.15) is 38.5 Å². The first-order chi connectivity index (χ1) is 7.73. The monoisotopic (exact) mass is 299 g/mol. The summed E-state index contributed by atoms with van der Waals surface area (Å²) in [6, 6.07) is 0.556. The quantitative estimate of drug-likeness (QED) is 0.779. The molecular formula is C13H22BrN3. The Balaban J connectivity index is 0.000000902. The van der Waals surface area contributed by atoms with E-state index in [4.69, 9.17) is 5.73 Å². The Hall–Kier alpha value is -0.250. The summed E-state index contributed by atoms with van der Waals surface area (Å²) in [5.41, 5.74) is 6.34. The SMILES string of the molecule is Br.NC1=NCC(C23CC4CC(CC(C4)C2)C3)N1. The molecule has 5 rings (SSSR count). The topological polar surface area (TPSA) is 50.4 Å². The van der Waals surface area contributed by atoms with Crippen LogP contribution in [0.3, 0.4) is 0 Å². The van der Waals surface area contributed by atoms with E-state index in [0.717, 1.165) is 24.3 Å². The van der Waals surface area contributed by atoms with Crippen LogP contribution in [-0.2, 0) is 0 Å². The van der Waals surface area contributed by atoms with Crippen LogP contribution in [0.25, 0.3) is 0 Å². The minimum atomic E-state index is 0. The molecule has 1 unspecified atom stereocenters. The molecule has 0 radical (unpaired) electrons. The number of hydrogen-bond acceptors (Lipinski definition) is 3. The molecule has 0 aromatic rings. The summed E-state index contributed by atoms with van der Waals surface area (Å²) >= 11 is 0. The van der Waals surface area contributed by atoms with E-state index in [9.17, 15) is 0 Å². The molecule has 17 heavy (non-hydrogen) atoms. The van der Waals surface area contributed by atoms with Gasteiger partial charge < -0.3 is 11.1 Å². The van der Waals surface area contributed by atoms with E-state index in [1.165, 1.54) is 38.5 Å². The lowest BCUT2D eigenvalue weighted by molar-refractivity contribution is -0.0673. The largest absolute Gasteiger partial charge is 0.370 e. The minimum Gasteiger partial charge on any atom is -0.370 e. The van der Waals surface area contributed by atoms with Gasteiger partial charge >= 0.3 is 0 Å². The Morgan fingerprint density at radius 1 is 1.06 bits per heavy atom. The van der Waals surface area contributed by atoms with Gasteiger partial charge in [-0.15, -0.1) is 17.0 Å². The molecule has 0 aromatic carbocycles. The molecule has 0 saturated heterocycles. The van der Waals surface area contributed by atoms with Crippen LogP contribution in [0.4, 0.5) is 0 Å². The Labute approximate surface area is 113 Å². The van der Waals surface area contributed by atoms with E-state index >= 15 is 0 Å². The Bertz CT molecular complexity index is 317. The maximum absolute atomic E-state index is 5.78. The lowest BCUT2D eigenvalue weighted by Crippen LogP contribution is -2.56. The first kappa shape index (κ1) is 11.8. The first-order valence-corrected chi connectivity index (χ1v) is 6.80. The summed E-state index contributed by atoms with van der Waals surface area (Å²) in [4.78, 5) is 4.36. The average molecular weight is 300 g/mol. The van der Waals surface area contributed by atoms with E-state index in [-0.39, 0.29) is 17.0 Å². The molecule has 5 aliphatic rings. The summed E-state index contributed by atoms with van der Waals surface area (Å²) in [6.45, 7) is 0.929. The number of nitrogens with zero attached hydrogens (tertiary/aromatic N) is 1. The molecule has 1 heterocycles. The predicted molar refractivity (Wildman–Crippen MR) is 74.3 cm³/mol. The molecule has 4 bridgehead atoms. The van der Waals surface area contributed by atoms with E-state index in [0.29, 0.717) is 17.4 Å². The van der Waals surface area contributed by atoms with Crippen molar-refractivity contribution in [2.24, 2.45) is 33.9 Å². The van der Waals surface area contributed by atoms with Crippen molar-refractivity contribution in [3.05, 3.63) is 0 Å². The highest BCUT2D eigenvalue weighted by atomic mass is 79.9. The normalized spacial score (nSPS) is 50.7. The summed E-state index contributed by atoms with van der Waals surface area (Å²) in [5.74, 6) is 3.75. The fourth-order valence-corrected chi connectivity index (χ4v) is 5.41. The van der Waals surface area contributed by atoms with Gasteiger partial charge in [0.15, 0.2) is 5.96 Å². The molecule has 0 spiro atoms. The Kier molecular flexibility index (Phi) is 2.69. The Morgan fingerprint density at radius 2 is 1.59 bits per heavy atom. The van der Waals surface area contributed by atoms with Gasteiger partial charge in [-0.25, -0.2) is 0 Å². The summed E-state index contributed by atoms with van der Waals surface area (Å²) in [6.07, 6.45) is 8.88. The van der Waals surface area contributed by atoms with Crippen LogP contribution in [0.5, 0.6) is 0 Å². The van der Waals surface area contributed by atoms with Crippen molar-refractivity contribution in [2.75, 3.05) is 6.54 Å². The number of guanidine groups is 1. The van der Waals surface area contributed by atoms with Gasteiger partial charge in [-0.2, -0.15) is 0 Å². The molecule has 1 aliphatic heterocycles. The zero-order chi connectivity index (χ0) is 10.8. The standard InChI is InChI=1S/C13H21N3.BrH/c14-12-15-7-11(16-12)13-4-8-1-9(5-13)3-10(2-8)6-13;/h8-11H,1-7H2,(H3,14,15,16);1H. The molecule has 3 nitrogen and oxygen atoms in total.